The van der Waals surface area contributed by atoms with Crippen molar-refractivity contribution in [1.82, 2.24) is 0 Å². The van der Waals surface area contributed by atoms with Gasteiger partial charge in [0.2, 0.25) is 0 Å². The Labute approximate surface area is 115 Å². The fourth-order valence-electron chi connectivity index (χ4n) is 2.10. The summed E-state index contributed by atoms with van der Waals surface area (Å²) in [5.74, 6) is 0. The molecular formula is C14H15ClO2S. The smallest absolute Gasteiger partial charge is 0.0553 e. The van der Waals surface area contributed by atoms with Crippen LogP contribution in [0.25, 0.3) is 0 Å². The van der Waals surface area contributed by atoms with Gasteiger partial charge in [0, 0.05) is 10.4 Å². The highest BCUT2D eigenvalue weighted by molar-refractivity contribution is 7.07. The lowest BCUT2D eigenvalue weighted by atomic mass is 9.77. The molecule has 0 bridgehead atoms. The molecule has 0 fully saturated rings. The Kier molecular flexibility index (Phi) is 4.40. The van der Waals surface area contributed by atoms with Crippen molar-refractivity contribution in [3.05, 3.63) is 57.2 Å². The highest BCUT2D eigenvalue weighted by Crippen LogP contribution is 2.33. The maximum Gasteiger partial charge on any atom is 0.0553 e. The van der Waals surface area contributed by atoms with E-state index in [4.69, 9.17) is 11.6 Å². The number of benzene rings is 1. The zero-order valence-electron chi connectivity index (χ0n) is 9.84. The first-order chi connectivity index (χ1) is 8.72. The summed E-state index contributed by atoms with van der Waals surface area (Å²) in [4.78, 5) is 0. The summed E-state index contributed by atoms with van der Waals surface area (Å²) in [6, 6.07) is 9.36. The molecule has 0 amide bonds. The van der Waals surface area contributed by atoms with Gasteiger partial charge in [-0.15, -0.1) is 0 Å². The van der Waals surface area contributed by atoms with Crippen LogP contribution in [0.5, 0.6) is 0 Å². The third-order valence-corrected chi connectivity index (χ3v) is 4.23. The van der Waals surface area contributed by atoms with E-state index in [0.29, 0.717) is 11.4 Å². The molecule has 2 rings (SSSR count). The van der Waals surface area contributed by atoms with Gasteiger partial charge < -0.3 is 10.2 Å². The van der Waals surface area contributed by atoms with E-state index in [2.05, 4.69) is 0 Å². The minimum atomic E-state index is -0.723. The number of hydrogen-bond donors (Lipinski definition) is 2. The SMILES string of the molecule is OCC(CO)(Cc1ccsc1)c1ccccc1Cl. The molecular weight excluding hydrogens is 268 g/mol. The zero-order chi connectivity index (χ0) is 13.0. The first-order valence-electron chi connectivity index (χ1n) is 5.70. The van der Waals surface area contributed by atoms with Gasteiger partial charge >= 0.3 is 0 Å². The molecule has 0 radical (unpaired) electrons. The van der Waals surface area contributed by atoms with Gasteiger partial charge in [0.05, 0.1) is 13.2 Å². The predicted molar refractivity (Wildman–Crippen MR) is 75.3 cm³/mol. The van der Waals surface area contributed by atoms with E-state index in [0.717, 1.165) is 11.1 Å². The Morgan fingerprint density at radius 1 is 1.11 bits per heavy atom. The topological polar surface area (TPSA) is 40.5 Å². The van der Waals surface area contributed by atoms with Crippen molar-refractivity contribution >= 4 is 22.9 Å². The van der Waals surface area contributed by atoms with Gasteiger partial charge in [0.15, 0.2) is 0 Å². The van der Waals surface area contributed by atoms with Crippen molar-refractivity contribution in [2.45, 2.75) is 11.8 Å². The molecule has 1 heterocycles. The van der Waals surface area contributed by atoms with Crippen LogP contribution in [0.1, 0.15) is 11.1 Å². The quantitative estimate of drug-likeness (QED) is 0.885. The standard InChI is InChI=1S/C14H15ClO2S/c15-13-4-2-1-3-12(13)14(9-16,10-17)7-11-5-6-18-8-11/h1-6,8,16-17H,7,9-10H2. The minimum absolute atomic E-state index is 0.136. The molecule has 1 aromatic carbocycles. The molecule has 0 unspecified atom stereocenters. The highest BCUT2D eigenvalue weighted by Gasteiger charge is 2.33. The second kappa shape index (κ2) is 5.85. The summed E-state index contributed by atoms with van der Waals surface area (Å²) in [7, 11) is 0. The maximum atomic E-state index is 9.74. The van der Waals surface area contributed by atoms with Crippen LogP contribution >= 0.6 is 22.9 Å². The molecule has 2 N–H and O–H groups in total. The Morgan fingerprint density at radius 3 is 2.39 bits per heavy atom. The average molecular weight is 283 g/mol. The second-order valence-electron chi connectivity index (χ2n) is 4.38. The lowest BCUT2D eigenvalue weighted by Gasteiger charge is -2.31. The Morgan fingerprint density at radius 2 is 1.83 bits per heavy atom. The van der Waals surface area contributed by atoms with E-state index in [-0.39, 0.29) is 13.2 Å². The van der Waals surface area contributed by atoms with Crippen LogP contribution in [-0.2, 0) is 11.8 Å². The van der Waals surface area contributed by atoms with Gasteiger partial charge in [-0.3, -0.25) is 0 Å². The molecule has 0 atom stereocenters. The van der Waals surface area contributed by atoms with Crippen LogP contribution in [0.15, 0.2) is 41.1 Å². The molecule has 96 valence electrons. The first-order valence-corrected chi connectivity index (χ1v) is 7.02. The molecule has 18 heavy (non-hydrogen) atoms. The molecule has 0 aliphatic rings. The third-order valence-electron chi connectivity index (χ3n) is 3.17. The number of hydrogen-bond acceptors (Lipinski definition) is 3. The molecule has 0 saturated carbocycles. The fourth-order valence-corrected chi connectivity index (χ4v) is 3.11. The van der Waals surface area contributed by atoms with Crippen molar-refractivity contribution in [2.75, 3.05) is 13.2 Å². The fraction of sp³-hybridized carbons (Fsp3) is 0.286. The van der Waals surface area contributed by atoms with Crippen LogP contribution in [0, 0.1) is 0 Å². The Balaban J connectivity index is 2.40. The van der Waals surface area contributed by atoms with Crippen LogP contribution in [0.3, 0.4) is 0 Å². The summed E-state index contributed by atoms with van der Waals surface area (Å²) in [5, 5.41) is 24.1. The van der Waals surface area contributed by atoms with Crippen molar-refractivity contribution in [3.63, 3.8) is 0 Å². The number of halogens is 1. The Hall–Kier alpha value is -0.870. The largest absolute Gasteiger partial charge is 0.395 e. The monoisotopic (exact) mass is 282 g/mol. The van der Waals surface area contributed by atoms with Crippen molar-refractivity contribution in [1.29, 1.82) is 0 Å². The van der Waals surface area contributed by atoms with Crippen molar-refractivity contribution in [2.24, 2.45) is 0 Å². The molecule has 2 nitrogen and oxygen atoms in total. The second-order valence-corrected chi connectivity index (χ2v) is 5.57. The highest BCUT2D eigenvalue weighted by atomic mass is 35.5. The van der Waals surface area contributed by atoms with E-state index < -0.39 is 5.41 Å². The summed E-state index contributed by atoms with van der Waals surface area (Å²) in [6.45, 7) is -0.272. The summed E-state index contributed by atoms with van der Waals surface area (Å²) >= 11 is 7.79. The van der Waals surface area contributed by atoms with Crippen LogP contribution in [0.4, 0.5) is 0 Å². The van der Waals surface area contributed by atoms with Gasteiger partial charge in [0.25, 0.3) is 0 Å². The summed E-state index contributed by atoms with van der Waals surface area (Å²) in [5.41, 5.74) is 1.17. The third kappa shape index (κ3) is 2.59. The van der Waals surface area contributed by atoms with E-state index in [1.54, 1.807) is 17.4 Å². The van der Waals surface area contributed by atoms with E-state index in [9.17, 15) is 10.2 Å². The van der Waals surface area contributed by atoms with Gasteiger partial charge in [-0.25, -0.2) is 0 Å². The minimum Gasteiger partial charge on any atom is -0.395 e. The normalized spacial score (nSPS) is 11.7. The van der Waals surface area contributed by atoms with Gasteiger partial charge in [0.1, 0.15) is 0 Å². The lowest BCUT2D eigenvalue weighted by Crippen LogP contribution is -2.37. The van der Waals surface area contributed by atoms with Crippen LogP contribution in [-0.4, -0.2) is 23.4 Å². The number of aliphatic hydroxyl groups is 2. The summed E-state index contributed by atoms with van der Waals surface area (Å²) in [6.07, 6.45) is 0.577. The molecule has 0 saturated heterocycles. The zero-order valence-corrected chi connectivity index (χ0v) is 11.4. The van der Waals surface area contributed by atoms with Crippen molar-refractivity contribution < 1.29 is 10.2 Å². The van der Waals surface area contributed by atoms with Gasteiger partial charge in [-0.05, 0) is 40.4 Å². The first kappa shape index (κ1) is 13.6. The molecule has 2 aromatic rings. The van der Waals surface area contributed by atoms with Crippen LogP contribution in [0.2, 0.25) is 5.02 Å². The number of rotatable bonds is 5. The van der Waals surface area contributed by atoms with Gasteiger partial charge in [-0.1, -0.05) is 29.8 Å². The van der Waals surface area contributed by atoms with E-state index in [1.165, 1.54) is 0 Å². The maximum absolute atomic E-state index is 9.74. The predicted octanol–water partition coefficient (Wildman–Crippen LogP) is 2.87. The summed E-state index contributed by atoms with van der Waals surface area (Å²) < 4.78 is 0. The molecule has 0 aliphatic carbocycles. The average Bonchev–Trinajstić information content (AvgIpc) is 2.90. The number of aliphatic hydroxyl groups excluding tert-OH is 2. The van der Waals surface area contributed by atoms with Gasteiger partial charge in [-0.2, -0.15) is 11.3 Å². The molecule has 4 heteroatoms. The molecule has 0 spiro atoms. The van der Waals surface area contributed by atoms with Crippen LogP contribution < -0.4 is 0 Å². The van der Waals surface area contributed by atoms with Crippen molar-refractivity contribution in [3.8, 4) is 0 Å². The van der Waals surface area contributed by atoms with E-state index >= 15 is 0 Å². The number of thiophene rings is 1. The Bertz CT molecular complexity index is 492. The lowest BCUT2D eigenvalue weighted by molar-refractivity contribution is 0.116. The molecule has 1 aromatic heterocycles. The van der Waals surface area contributed by atoms with E-state index in [1.807, 2.05) is 35.0 Å². The molecule has 0 aliphatic heterocycles.